The summed E-state index contributed by atoms with van der Waals surface area (Å²) in [5.41, 5.74) is 0.845. The first-order valence-electron chi connectivity index (χ1n) is 6.54. The van der Waals surface area contributed by atoms with Crippen molar-refractivity contribution in [2.45, 2.75) is 25.3 Å². The maximum Gasteiger partial charge on any atom is 0.0662 e. The molecule has 0 radical (unpaired) electrons. The minimum atomic E-state index is -0.181. The van der Waals surface area contributed by atoms with Crippen LogP contribution in [-0.2, 0) is 0 Å². The van der Waals surface area contributed by atoms with Crippen LogP contribution in [0.25, 0.3) is 0 Å². The quantitative estimate of drug-likeness (QED) is 0.881. The van der Waals surface area contributed by atoms with E-state index in [1.54, 1.807) is 0 Å². The van der Waals surface area contributed by atoms with Gasteiger partial charge in [0.1, 0.15) is 0 Å². The summed E-state index contributed by atoms with van der Waals surface area (Å²) in [4.78, 5) is 2.41. The Labute approximate surface area is 114 Å². The van der Waals surface area contributed by atoms with Crippen molar-refractivity contribution in [3.8, 4) is 0 Å². The normalized spacial score (nSPS) is 19.7. The Morgan fingerprint density at radius 3 is 2.39 bits per heavy atom. The summed E-state index contributed by atoms with van der Waals surface area (Å²) in [6.07, 6.45) is 1.94. The van der Waals surface area contributed by atoms with Crippen LogP contribution >= 0.6 is 11.6 Å². The van der Waals surface area contributed by atoms with E-state index in [4.69, 9.17) is 11.6 Å². The lowest BCUT2D eigenvalue weighted by Gasteiger charge is -2.41. The van der Waals surface area contributed by atoms with Gasteiger partial charge in [-0.15, -0.1) is 0 Å². The van der Waals surface area contributed by atoms with Gasteiger partial charge in [-0.25, -0.2) is 0 Å². The molecule has 18 heavy (non-hydrogen) atoms. The van der Waals surface area contributed by atoms with Crippen LogP contribution in [0.15, 0.2) is 24.3 Å². The van der Waals surface area contributed by atoms with Gasteiger partial charge in [0.15, 0.2) is 0 Å². The molecule has 3 nitrogen and oxygen atoms in total. The standard InChI is InChI=1S/C14H21ClN2O/c1-2-17-9-7-14(11-18,8-10-17)16-13-5-3-12(15)4-6-13/h3-6,16,18H,2,7-11H2,1H3. The summed E-state index contributed by atoms with van der Waals surface area (Å²) in [7, 11) is 0. The first kappa shape index (κ1) is 13.7. The second-order valence-electron chi connectivity index (χ2n) is 5.00. The zero-order valence-electron chi connectivity index (χ0n) is 10.8. The molecule has 4 heteroatoms. The summed E-state index contributed by atoms with van der Waals surface area (Å²) in [5, 5.41) is 13.9. The number of halogens is 1. The van der Waals surface area contributed by atoms with Crippen LogP contribution in [0.5, 0.6) is 0 Å². The molecule has 1 aromatic carbocycles. The van der Waals surface area contributed by atoms with Crippen molar-refractivity contribution >= 4 is 17.3 Å². The third kappa shape index (κ3) is 3.16. The van der Waals surface area contributed by atoms with E-state index >= 15 is 0 Å². The predicted octanol–water partition coefficient (Wildman–Crippen LogP) is 2.60. The summed E-state index contributed by atoms with van der Waals surface area (Å²) in [6, 6.07) is 7.67. The molecule has 1 saturated heterocycles. The van der Waals surface area contributed by atoms with Gasteiger partial charge in [-0.2, -0.15) is 0 Å². The van der Waals surface area contributed by atoms with Crippen LogP contribution < -0.4 is 5.32 Å². The Bertz CT molecular complexity index is 372. The molecule has 1 heterocycles. The fourth-order valence-corrected chi connectivity index (χ4v) is 2.59. The third-order valence-corrected chi connectivity index (χ3v) is 4.07. The number of piperidine rings is 1. The van der Waals surface area contributed by atoms with Crippen molar-refractivity contribution in [3.63, 3.8) is 0 Å². The molecule has 1 aliphatic heterocycles. The van der Waals surface area contributed by atoms with E-state index < -0.39 is 0 Å². The van der Waals surface area contributed by atoms with Gasteiger partial charge in [-0.3, -0.25) is 0 Å². The van der Waals surface area contributed by atoms with Crippen molar-refractivity contribution in [3.05, 3.63) is 29.3 Å². The van der Waals surface area contributed by atoms with E-state index in [2.05, 4.69) is 17.1 Å². The summed E-state index contributed by atoms with van der Waals surface area (Å²) in [5.74, 6) is 0. The lowest BCUT2D eigenvalue weighted by atomic mass is 9.88. The maximum atomic E-state index is 9.71. The Morgan fingerprint density at radius 1 is 1.28 bits per heavy atom. The second kappa shape index (κ2) is 5.91. The molecule has 0 bridgehead atoms. The largest absolute Gasteiger partial charge is 0.394 e. The second-order valence-corrected chi connectivity index (χ2v) is 5.44. The summed E-state index contributed by atoms with van der Waals surface area (Å²) >= 11 is 5.88. The molecule has 0 atom stereocenters. The van der Waals surface area contributed by atoms with Crippen LogP contribution in [-0.4, -0.2) is 41.8 Å². The molecule has 0 saturated carbocycles. The van der Waals surface area contributed by atoms with Crippen molar-refractivity contribution in [2.75, 3.05) is 31.6 Å². The van der Waals surface area contributed by atoms with E-state index in [0.29, 0.717) is 0 Å². The Hall–Kier alpha value is -0.770. The average molecular weight is 269 g/mol. The van der Waals surface area contributed by atoms with Gasteiger partial charge >= 0.3 is 0 Å². The first-order valence-corrected chi connectivity index (χ1v) is 6.92. The van der Waals surface area contributed by atoms with Crippen molar-refractivity contribution < 1.29 is 5.11 Å². The number of nitrogens with one attached hydrogen (secondary N) is 1. The van der Waals surface area contributed by atoms with Gasteiger partial charge in [-0.1, -0.05) is 18.5 Å². The van der Waals surface area contributed by atoms with E-state index in [9.17, 15) is 5.11 Å². The zero-order valence-corrected chi connectivity index (χ0v) is 11.6. The number of anilines is 1. The number of hydrogen-bond acceptors (Lipinski definition) is 3. The molecular weight excluding hydrogens is 248 g/mol. The van der Waals surface area contributed by atoms with Gasteiger partial charge in [0, 0.05) is 23.8 Å². The third-order valence-electron chi connectivity index (χ3n) is 3.82. The number of likely N-dealkylation sites (tertiary alicyclic amines) is 1. The molecule has 2 rings (SSSR count). The monoisotopic (exact) mass is 268 g/mol. The van der Waals surface area contributed by atoms with Crippen molar-refractivity contribution in [1.82, 2.24) is 4.90 Å². The Balaban J connectivity index is 2.03. The first-order chi connectivity index (χ1) is 8.67. The van der Waals surface area contributed by atoms with Crippen LogP contribution in [0.4, 0.5) is 5.69 Å². The average Bonchev–Trinajstić information content (AvgIpc) is 2.42. The predicted molar refractivity (Wildman–Crippen MR) is 76.2 cm³/mol. The van der Waals surface area contributed by atoms with Crippen LogP contribution in [0, 0.1) is 0 Å². The highest BCUT2D eigenvalue weighted by Crippen LogP contribution is 2.27. The highest BCUT2D eigenvalue weighted by molar-refractivity contribution is 6.30. The molecule has 100 valence electrons. The number of rotatable bonds is 4. The number of aliphatic hydroxyl groups is 1. The molecule has 1 aliphatic rings. The van der Waals surface area contributed by atoms with E-state index in [0.717, 1.165) is 43.2 Å². The highest BCUT2D eigenvalue weighted by atomic mass is 35.5. The highest BCUT2D eigenvalue weighted by Gasteiger charge is 2.33. The zero-order chi connectivity index (χ0) is 13.0. The van der Waals surface area contributed by atoms with E-state index in [1.165, 1.54) is 0 Å². The lowest BCUT2D eigenvalue weighted by Crippen LogP contribution is -2.51. The van der Waals surface area contributed by atoms with Crippen LogP contribution in [0.2, 0.25) is 5.02 Å². The fraction of sp³-hybridized carbons (Fsp3) is 0.571. The van der Waals surface area contributed by atoms with Gasteiger partial charge in [0.2, 0.25) is 0 Å². The minimum absolute atomic E-state index is 0.174. The lowest BCUT2D eigenvalue weighted by molar-refractivity contribution is 0.122. The molecule has 2 N–H and O–H groups in total. The fourth-order valence-electron chi connectivity index (χ4n) is 2.46. The number of nitrogens with zero attached hydrogens (tertiary/aromatic N) is 1. The van der Waals surface area contributed by atoms with Gasteiger partial charge in [-0.05, 0) is 43.7 Å². The molecule has 0 spiro atoms. The molecule has 0 aliphatic carbocycles. The maximum absolute atomic E-state index is 9.71. The molecule has 0 amide bonds. The van der Waals surface area contributed by atoms with Gasteiger partial charge in [0.25, 0.3) is 0 Å². The Morgan fingerprint density at radius 2 is 1.89 bits per heavy atom. The summed E-state index contributed by atoms with van der Waals surface area (Å²) in [6.45, 7) is 5.52. The molecule has 1 aromatic rings. The van der Waals surface area contributed by atoms with E-state index in [1.807, 2.05) is 24.3 Å². The number of benzene rings is 1. The van der Waals surface area contributed by atoms with Gasteiger partial charge < -0.3 is 15.3 Å². The number of hydrogen-bond donors (Lipinski definition) is 2. The molecular formula is C14H21ClN2O. The molecule has 0 unspecified atom stereocenters. The van der Waals surface area contributed by atoms with E-state index in [-0.39, 0.29) is 12.1 Å². The molecule has 1 fully saturated rings. The number of aliphatic hydroxyl groups excluding tert-OH is 1. The minimum Gasteiger partial charge on any atom is -0.394 e. The SMILES string of the molecule is CCN1CCC(CO)(Nc2ccc(Cl)cc2)CC1. The van der Waals surface area contributed by atoms with Crippen LogP contribution in [0.1, 0.15) is 19.8 Å². The van der Waals surface area contributed by atoms with Crippen molar-refractivity contribution in [2.24, 2.45) is 0 Å². The smallest absolute Gasteiger partial charge is 0.0662 e. The summed E-state index contributed by atoms with van der Waals surface area (Å²) < 4.78 is 0. The topological polar surface area (TPSA) is 35.5 Å². The van der Waals surface area contributed by atoms with Crippen LogP contribution in [0.3, 0.4) is 0 Å². The Kier molecular flexibility index (Phi) is 4.49. The van der Waals surface area contributed by atoms with Gasteiger partial charge in [0.05, 0.1) is 12.1 Å². The van der Waals surface area contributed by atoms with Crippen molar-refractivity contribution in [1.29, 1.82) is 0 Å². The molecule has 0 aromatic heterocycles.